The number of aromatic nitrogens is 1. The van der Waals surface area contributed by atoms with E-state index in [1.54, 1.807) is 0 Å². The lowest BCUT2D eigenvalue weighted by Crippen LogP contribution is -2.14. The molecule has 1 amide bonds. The van der Waals surface area contributed by atoms with E-state index in [0.717, 1.165) is 20.5 Å². The first-order valence-electron chi connectivity index (χ1n) is 6.67. The molecule has 112 valence electrons. The van der Waals surface area contributed by atoms with E-state index in [-0.39, 0.29) is 5.91 Å². The van der Waals surface area contributed by atoms with Gasteiger partial charge in [0.25, 0.3) is 0 Å². The molecule has 1 N–H and O–H groups in total. The van der Waals surface area contributed by atoms with Gasteiger partial charge < -0.3 is 5.32 Å². The topological polar surface area (TPSA) is 42.0 Å². The Morgan fingerprint density at radius 1 is 1.23 bits per heavy atom. The van der Waals surface area contributed by atoms with Crippen LogP contribution in [0.5, 0.6) is 0 Å². The molecular formula is C16H13ClN2OS2. The molecule has 0 radical (unpaired) electrons. The number of halogens is 1. The van der Waals surface area contributed by atoms with Gasteiger partial charge in [0, 0.05) is 5.38 Å². The average Bonchev–Trinajstić information content (AvgIpc) is 3.10. The number of hydrogen-bond acceptors (Lipinski definition) is 4. The molecule has 0 atom stereocenters. The van der Waals surface area contributed by atoms with E-state index in [4.69, 9.17) is 11.6 Å². The Bertz CT molecular complexity index is 793. The van der Waals surface area contributed by atoms with Crippen molar-refractivity contribution < 1.29 is 4.79 Å². The van der Waals surface area contributed by atoms with Gasteiger partial charge in [-0.05, 0) is 24.6 Å². The summed E-state index contributed by atoms with van der Waals surface area (Å²) in [5, 5.41) is 5.37. The first kappa shape index (κ1) is 15.2. The molecule has 3 nitrogen and oxygen atoms in total. The van der Waals surface area contributed by atoms with Crippen LogP contribution in [-0.4, -0.2) is 10.9 Å². The number of hydrogen-bond donors (Lipinski definition) is 1. The molecule has 22 heavy (non-hydrogen) atoms. The van der Waals surface area contributed by atoms with E-state index >= 15 is 0 Å². The zero-order valence-corrected chi connectivity index (χ0v) is 14.2. The minimum Gasteiger partial charge on any atom is -0.302 e. The van der Waals surface area contributed by atoms with Crippen LogP contribution in [0, 0.1) is 6.92 Å². The van der Waals surface area contributed by atoms with E-state index < -0.39 is 0 Å². The van der Waals surface area contributed by atoms with Crippen molar-refractivity contribution >= 4 is 45.3 Å². The number of rotatable bonds is 4. The highest BCUT2D eigenvalue weighted by molar-refractivity contribution is 7.20. The van der Waals surface area contributed by atoms with Crippen molar-refractivity contribution in [2.75, 3.05) is 5.32 Å². The number of nitrogens with zero attached hydrogens (tertiary/aromatic N) is 1. The maximum atomic E-state index is 12.1. The lowest BCUT2D eigenvalue weighted by molar-refractivity contribution is -0.115. The number of nitrogens with one attached hydrogen (secondary N) is 1. The van der Waals surface area contributed by atoms with Crippen molar-refractivity contribution in [3.63, 3.8) is 0 Å². The first-order valence-corrected chi connectivity index (χ1v) is 8.74. The van der Waals surface area contributed by atoms with E-state index in [1.807, 2.05) is 48.7 Å². The Morgan fingerprint density at radius 2 is 2.00 bits per heavy atom. The summed E-state index contributed by atoms with van der Waals surface area (Å²) < 4.78 is 0.730. The molecule has 6 heteroatoms. The number of carbonyl (C=O) groups is 1. The number of amides is 1. The summed E-state index contributed by atoms with van der Waals surface area (Å²) in [6.45, 7) is 2.03. The van der Waals surface area contributed by atoms with Crippen LogP contribution < -0.4 is 5.32 Å². The highest BCUT2D eigenvalue weighted by Gasteiger charge is 2.10. The maximum absolute atomic E-state index is 12.1. The standard InChI is InChI=1S/C16H13ClN2OS2/c1-10-2-4-11(5-3-10)8-15(20)19-16-18-12(9-21-16)13-6-7-14(17)22-13/h2-7,9H,8H2,1H3,(H,18,19,20). The SMILES string of the molecule is Cc1ccc(CC(=O)Nc2nc(-c3ccc(Cl)s3)cs2)cc1. The normalized spacial score (nSPS) is 10.6. The van der Waals surface area contributed by atoms with Crippen LogP contribution in [0.1, 0.15) is 11.1 Å². The average molecular weight is 349 g/mol. The molecule has 2 heterocycles. The second-order valence-corrected chi connectivity index (χ2v) is 7.43. The van der Waals surface area contributed by atoms with Gasteiger partial charge in [-0.3, -0.25) is 4.79 Å². The zero-order valence-electron chi connectivity index (χ0n) is 11.8. The van der Waals surface area contributed by atoms with Gasteiger partial charge in [0.15, 0.2) is 5.13 Å². The van der Waals surface area contributed by atoms with Crippen LogP contribution in [0.3, 0.4) is 0 Å². The van der Waals surface area contributed by atoms with Gasteiger partial charge in [-0.1, -0.05) is 41.4 Å². The van der Waals surface area contributed by atoms with Gasteiger partial charge in [0.1, 0.15) is 0 Å². The van der Waals surface area contributed by atoms with Gasteiger partial charge in [0.05, 0.1) is 21.3 Å². The quantitative estimate of drug-likeness (QED) is 0.719. The van der Waals surface area contributed by atoms with Crippen LogP contribution in [0.15, 0.2) is 41.8 Å². The van der Waals surface area contributed by atoms with Gasteiger partial charge in [0.2, 0.25) is 5.91 Å². The van der Waals surface area contributed by atoms with Crippen molar-refractivity contribution in [1.82, 2.24) is 4.98 Å². The third-order valence-electron chi connectivity index (χ3n) is 3.06. The number of thiazole rings is 1. The molecule has 0 saturated heterocycles. The number of aryl methyl sites for hydroxylation is 1. The van der Waals surface area contributed by atoms with Gasteiger partial charge in [-0.25, -0.2) is 4.98 Å². The summed E-state index contributed by atoms with van der Waals surface area (Å²) >= 11 is 8.82. The highest BCUT2D eigenvalue weighted by atomic mass is 35.5. The minimum atomic E-state index is -0.0611. The Labute approximate surface area is 141 Å². The largest absolute Gasteiger partial charge is 0.302 e. The molecule has 1 aromatic carbocycles. The number of anilines is 1. The van der Waals surface area contributed by atoms with Crippen molar-refractivity contribution in [1.29, 1.82) is 0 Å². The summed E-state index contributed by atoms with van der Waals surface area (Å²) in [4.78, 5) is 17.5. The molecule has 0 bridgehead atoms. The molecule has 0 aliphatic rings. The Hall–Kier alpha value is -1.69. The summed E-state index contributed by atoms with van der Waals surface area (Å²) in [6.07, 6.45) is 0.347. The first-order chi connectivity index (χ1) is 10.6. The minimum absolute atomic E-state index is 0.0611. The maximum Gasteiger partial charge on any atom is 0.230 e. The second kappa shape index (κ2) is 6.60. The third-order valence-corrected chi connectivity index (χ3v) is 5.07. The van der Waals surface area contributed by atoms with Crippen LogP contribution in [0.25, 0.3) is 10.6 Å². The fourth-order valence-electron chi connectivity index (χ4n) is 1.95. The van der Waals surface area contributed by atoms with Crippen molar-refractivity contribution in [2.45, 2.75) is 13.3 Å². The van der Waals surface area contributed by atoms with Crippen molar-refractivity contribution in [2.24, 2.45) is 0 Å². The molecular weight excluding hydrogens is 336 g/mol. The van der Waals surface area contributed by atoms with Gasteiger partial charge in [-0.15, -0.1) is 22.7 Å². The Balaban J connectivity index is 1.64. The predicted octanol–water partition coefficient (Wildman–Crippen LogP) is 5.01. The number of benzene rings is 1. The molecule has 0 aliphatic carbocycles. The molecule has 0 saturated carbocycles. The summed E-state index contributed by atoms with van der Waals surface area (Å²) in [7, 11) is 0. The number of thiophene rings is 1. The fraction of sp³-hybridized carbons (Fsp3) is 0.125. The zero-order chi connectivity index (χ0) is 15.5. The van der Waals surface area contributed by atoms with E-state index in [0.29, 0.717) is 11.6 Å². The number of carbonyl (C=O) groups excluding carboxylic acids is 1. The Kier molecular flexibility index (Phi) is 4.57. The lowest BCUT2D eigenvalue weighted by atomic mass is 10.1. The molecule has 3 rings (SSSR count). The van der Waals surface area contributed by atoms with Crippen LogP contribution >= 0.6 is 34.3 Å². The van der Waals surface area contributed by atoms with Crippen molar-refractivity contribution in [3.05, 3.63) is 57.2 Å². The third kappa shape index (κ3) is 3.74. The smallest absolute Gasteiger partial charge is 0.230 e. The van der Waals surface area contributed by atoms with Gasteiger partial charge >= 0.3 is 0 Å². The molecule has 0 spiro atoms. The summed E-state index contributed by atoms with van der Waals surface area (Å²) in [6, 6.07) is 11.7. The van der Waals surface area contributed by atoms with Crippen LogP contribution in [0.2, 0.25) is 4.34 Å². The predicted molar refractivity (Wildman–Crippen MR) is 93.9 cm³/mol. The van der Waals surface area contributed by atoms with E-state index in [9.17, 15) is 4.79 Å². The molecule has 0 aliphatic heterocycles. The molecule has 0 unspecified atom stereocenters. The van der Waals surface area contributed by atoms with Crippen LogP contribution in [-0.2, 0) is 11.2 Å². The van der Waals surface area contributed by atoms with Crippen molar-refractivity contribution in [3.8, 4) is 10.6 Å². The highest BCUT2D eigenvalue weighted by Crippen LogP contribution is 2.32. The fourth-order valence-corrected chi connectivity index (χ4v) is 3.76. The van der Waals surface area contributed by atoms with Crippen LogP contribution in [0.4, 0.5) is 5.13 Å². The van der Waals surface area contributed by atoms with E-state index in [2.05, 4.69) is 10.3 Å². The molecule has 0 fully saturated rings. The monoisotopic (exact) mass is 348 g/mol. The van der Waals surface area contributed by atoms with Gasteiger partial charge in [-0.2, -0.15) is 0 Å². The summed E-state index contributed by atoms with van der Waals surface area (Å²) in [5.74, 6) is -0.0611. The Morgan fingerprint density at radius 3 is 2.68 bits per heavy atom. The summed E-state index contributed by atoms with van der Waals surface area (Å²) in [5.41, 5.74) is 3.01. The molecule has 3 aromatic rings. The second-order valence-electron chi connectivity index (χ2n) is 4.85. The van der Waals surface area contributed by atoms with E-state index in [1.165, 1.54) is 28.2 Å². The molecule has 2 aromatic heterocycles. The lowest BCUT2D eigenvalue weighted by Gasteiger charge is -2.02.